The van der Waals surface area contributed by atoms with Crippen LogP contribution in [0.3, 0.4) is 0 Å². The van der Waals surface area contributed by atoms with Crippen molar-refractivity contribution in [3.05, 3.63) is 59.3 Å². The Bertz CT molecular complexity index is 819. The van der Waals surface area contributed by atoms with Gasteiger partial charge in [0.25, 0.3) is 0 Å². The van der Waals surface area contributed by atoms with E-state index in [1.54, 1.807) is 24.4 Å². The van der Waals surface area contributed by atoms with Crippen LogP contribution < -0.4 is 5.73 Å². The van der Waals surface area contributed by atoms with Crippen molar-refractivity contribution < 1.29 is 5.11 Å². The molecule has 0 saturated carbocycles. The lowest BCUT2D eigenvalue weighted by Gasteiger charge is -1.92. The second-order valence-corrected chi connectivity index (χ2v) is 5.50. The van der Waals surface area contributed by atoms with E-state index in [4.69, 9.17) is 5.73 Å². The first-order valence-electron chi connectivity index (χ1n) is 6.36. The predicted molar refractivity (Wildman–Crippen MR) is 88.0 cm³/mol. The Morgan fingerprint density at radius 1 is 1.10 bits per heavy atom. The standard InChI is InChI=1S/C16H13N3OS/c17-15-8-5-11(10-18-15)3-1-2-4-16-19-13-7-6-12(20)9-14(13)21-16/h1-10,20H,(H2,17,18)/b3-1+,4-2+. The maximum atomic E-state index is 9.43. The van der Waals surface area contributed by atoms with Crippen molar-refractivity contribution in [3.63, 3.8) is 0 Å². The summed E-state index contributed by atoms with van der Waals surface area (Å²) in [5.74, 6) is 0.776. The summed E-state index contributed by atoms with van der Waals surface area (Å²) in [6.07, 6.45) is 9.45. The number of allylic oxidation sites excluding steroid dienone is 2. The van der Waals surface area contributed by atoms with Crippen LogP contribution >= 0.6 is 11.3 Å². The molecular weight excluding hydrogens is 282 g/mol. The Morgan fingerprint density at radius 3 is 2.76 bits per heavy atom. The van der Waals surface area contributed by atoms with Crippen LogP contribution in [0.4, 0.5) is 5.82 Å². The van der Waals surface area contributed by atoms with Crippen LogP contribution in [-0.2, 0) is 0 Å². The normalized spacial score (nSPS) is 11.8. The lowest BCUT2D eigenvalue weighted by Crippen LogP contribution is -1.87. The zero-order chi connectivity index (χ0) is 14.7. The fourth-order valence-electron chi connectivity index (χ4n) is 1.82. The zero-order valence-electron chi connectivity index (χ0n) is 11.1. The molecule has 2 aromatic heterocycles. The molecule has 4 nitrogen and oxygen atoms in total. The van der Waals surface area contributed by atoms with Crippen LogP contribution in [0.25, 0.3) is 22.4 Å². The molecule has 0 fully saturated rings. The van der Waals surface area contributed by atoms with Crippen LogP contribution in [0.1, 0.15) is 10.6 Å². The fraction of sp³-hybridized carbons (Fsp3) is 0. The van der Waals surface area contributed by atoms with E-state index in [-0.39, 0.29) is 5.75 Å². The molecule has 2 heterocycles. The SMILES string of the molecule is Nc1ccc(/C=C/C=C/c2nc3ccc(O)cc3s2)cn1. The molecule has 0 aliphatic carbocycles. The van der Waals surface area contributed by atoms with Gasteiger partial charge in [-0.3, -0.25) is 0 Å². The number of hydrogen-bond donors (Lipinski definition) is 2. The zero-order valence-corrected chi connectivity index (χ0v) is 11.9. The molecule has 0 saturated heterocycles. The maximum Gasteiger partial charge on any atom is 0.123 e. The van der Waals surface area contributed by atoms with Crippen molar-refractivity contribution in [1.82, 2.24) is 9.97 Å². The number of nitrogens with two attached hydrogens (primary N) is 1. The molecule has 1 aromatic carbocycles. The monoisotopic (exact) mass is 295 g/mol. The number of anilines is 1. The third kappa shape index (κ3) is 3.27. The average molecular weight is 295 g/mol. The Balaban J connectivity index is 1.73. The second kappa shape index (κ2) is 5.76. The summed E-state index contributed by atoms with van der Waals surface area (Å²) in [6.45, 7) is 0. The van der Waals surface area contributed by atoms with Crippen molar-refractivity contribution >= 4 is 39.5 Å². The summed E-state index contributed by atoms with van der Waals surface area (Å²) >= 11 is 1.54. The van der Waals surface area contributed by atoms with Crippen molar-refractivity contribution in [1.29, 1.82) is 0 Å². The minimum Gasteiger partial charge on any atom is -0.508 e. The number of rotatable bonds is 3. The number of nitrogen functional groups attached to an aromatic ring is 1. The topological polar surface area (TPSA) is 72.0 Å². The molecule has 0 bridgehead atoms. The lowest BCUT2D eigenvalue weighted by atomic mass is 10.2. The number of aromatic nitrogens is 2. The number of aromatic hydroxyl groups is 1. The summed E-state index contributed by atoms with van der Waals surface area (Å²) in [5, 5.41) is 10.3. The van der Waals surface area contributed by atoms with Crippen LogP contribution in [-0.4, -0.2) is 15.1 Å². The summed E-state index contributed by atoms with van der Waals surface area (Å²) in [4.78, 5) is 8.49. The fourth-order valence-corrected chi connectivity index (χ4v) is 2.74. The molecule has 3 N–H and O–H groups in total. The van der Waals surface area contributed by atoms with Gasteiger partial charge in [-0.25, -0.2) is 9.97 Å². The minimum absolute atomic E-state index is 0.262. The van der Waals surface area contributed by atoms with Crippen LogP contribution in [0.2, 0.25) is 0 Å². The summed E-state index contributed by atoms with van der Waals surface area (Å²) in [5.41, 5.74) is 7.41. The van der Waals surface area contributed by atoms with E-state index in [0.717, 1.165) is 20.8 Å². The van der Waals surface area contributed by atoms with Gasteiger partial charge in [-0.1, -0.05) is 18.2 Å². The molecule has 0 radical (unpaired) electrons. The van der Waals surface area contributed by atoms with Gasteiger partial charge in [0, 0.05) is 6.20 Å². The first kappa shape index (κ1) is 13.3. The van der Waals surface area contributed by atoms with Gasteiger partial charge in [0.05, 0.1) is 10.2 Å². The van der Waals surface area contributed by atoms with Gasteiger partial charge in [0.15, 0.2) is 0 Å². The molecule has 5 heteroatoms. The number of thiazole rings is 1. The van der Waals surface area contributed by atoms with E-state index in [2.05, 4.69) is 9.97 Å². The molecule has 3 aromatic rings. The third-order valence-corrected chi connectivity index (χ3v) is 3.82. The van der Waals surface area contributed by atoms with Gasteiger partial charge in [0.2, 0.25) is 0 Å². The number of phenols is 1. The highest BCUT2D eigenvalue weighted by Crippen LogP contribution is 2.26. The Hall–Kier alpha value is -2.66. The van der Waals surface area contributed by atoms with E-state index in [1.165, 1.54) is 11.3 Å². The molecule has 0 aliphatic heterocycles. The number of benzene rings is 1. The Labute approximate surface area is 125 Å². The Kier molecular flexibility index (Phi) is 3.66. The highest BCUT2D eigenvalue weighted by atomic mass is 32.1. The predicted octanol–water partition coefficient (Wildman–Crippen LogP) is 3.71. The molecule has 21 heavy (non-hydrogen) atoms. The minimum atomic E-state index is 0.262. The molecule has 0 amide bonds. The van der Waals surface area contributed by atoms with Gasteiger partial charge in [-0.05, 0) is 42.0 Å². The highest BCUT2D eigenvalue weighted by molar-refractivity contribution is 7.19. The van der Waals surface area contributed by atoms with Crippen molar-refractivity contribution in [2.24, 2.45) is 0 Å². The second-order valence-electron chi connectivity index (χ2n) is 4.44. The molecular formula is C16H13N3OS. The Morgan fingerprint density at radius 2 is 1.95 bits per heavy atom. The van der Waals surface area contributed by atoms with Crippen molar-refractivity contribution in [3.8, 4) is 5.75 Å². The molecule has 104 valence electrons. The maximum absolute atomic E-state index is 9.43. The quantitative estimate of drug-likeness (QED) is 0.723. The van der Waals surface area contributed by atoms with Gasteiger partial charge in [-0.2, -0.15) is 0 Å². The molecule has 0 unspecified atom stereocenters. The third-order valence-electron chi connectivity index (χ3n) is 2.84. The van der Waals surface area contributed by atoms with E-state index >= 15 is 0 Å². The van der Waals surface area contributed by atoms with E-state index in [0.29, 0.717) is 5.82 Å². The molecule has 0 spiro atoms. The summed E-state index contributed by atoms with van der Waals surface area (Å²) in [6, 6.07) is 8.86. The van der Waals surface area contributed by atoms with Crippen molar-refractivity contribution in [2.45, 2.75) is 0 Å². The van der Waals surface area contributed by atoms with Crippen LogP contribution in [0.15, 0.2) is 48.7 Å². The number of phenolic OH excluding ortho intramolecular Hbond substituents is 1. The van der Waals surface area contributed by atoms with Gasteiger partial charge in [-0.15, -0.1) is 11.3 Å². The molecule has 3 rings (SSSR count). The van der Waals surface area contributed by atoms with Crippen molar-refractivity contribution in [2.75, 3.05) is 5.73 Å². The van der Waals surface area contributed by atoms with Gasteiger partial charge < -0.3 is 10.8 Å². The first-order chi connectivity index (χ1) is 10.2. The molecule has 0 aliphatic rings. The highest BCUT2D eigenvalue weighted by Gasteiger charge is 2.01. The number of fused-ring (bicyclic) bond motifs is 1. The number of pyridine rings is 1. The van der Waals surface area contributed by atoms with E-state index < -0.39 is 0 Å². The smallest absolute Gasteiger partial charge is 0.123 e. The van der Waals surface area contributed by atoms with E-state index in [9.17, 15) is 5.11 Å². The van der Waals surface area contributed by atoms with Gasteiger partial charge >= 0.3 is 0 Å². The van der Waals surface area contributed by atoms with Crippen LogP contribution in [0.5, 0.6) is 5.75 Å². The summed E-state index contributed by atoms with van der Waals surface area (Å²) < 4.78 is 0.973. The number of nitrogens with zero attached hydrogens (tertiary/aromatic N) is 2. The first-order valence-corrected chi connectivity index (χ1v) is 7.18. The van der Waals surface area contributed by atoms with Gasteiger partial charge in [0.1, 0.15) is 16.6 Å². The number of hydrogen-bond acceptors (Lipinski definition) is 5. The average Bonchev–Trinajstić information content (AvgIpc) is 2.87. The lowest BCUT2D eigenvalue weighted by molar-refractivity contribution is 0.476. The van der Waals surface area contributed by atoms with Crippen LogP contribution in [0, 0.1) is 0 Å². The molecule has 0 atom stereocenters. The summed E-state index contributed by atoms with van der Waals surface area (Å²) in [7, 11) is 0. The van der Waals surface area contributed by atoms with E-state index in [1.807, 2.05) is 36.4 Å². The largest absolute Gasteiger partial charge is 0.508 e.